The third kappa shape index (κ3) is 4.60. The van der Waals surface area contributed by atoms with Gasteiger partial charge in [-0.05, 0) is 0 Å². The number of ether oxygens (including phenoxy) is 1. The van der Waals surface area contributed by atoms with Crippen LogP contribution in [0.4, 0.5) is 5.95 Å². The Morgan fingerprint density at radius 1 is 1.41 bits per heavy atom. The summed E-state index contributed by atoms with van der Waals surface area (Å²) < 4.78 is 37.0. The number of fused-ring (bicyclic) bond motifs is 1. The number of H-pyrrole nitrogens is 1. The van der Waals surface area contributed by atoms with Crippen molar-refractivity contribution >= 4 is 32.8 Å². The third-order valence-electron chi connectivity index (χ3n) is 3.58. The molecule has 2 aromatic rings. The molecule has 0 aliphatic carbocycles. The van der Waals surface area contributed by atoms with Gasteiger partial charge in [-0.2, -0.15) is 9.29 Å². The smallest absolute Gasteiger partial charge is 0.390 e. The van der Waals surface area contributed by atoms with E-state index in [0.29, 0.717) is 0 Å². The molecule has 3 rings (SSSR count). The average Bonchev–Trinajstić information content (AvgIpc) is 3.06. The molecule has 1 unspecified atom stereocenters. The Labute approximate surface area is 149 Å². The van der Waals surface area contributed by atoms with Crippen molar-refractivity contribution in [1.82, 2.24) is 19.5 Å². The minimum Gasteiger partial charge on any atom is -0.390 e. The van der Waals surface area contributed by atoms with E-state index in [1.165, 1.54) is 10.9 Å². The van der Waals surface area contributed by atoms with Crippen LogP contribution < -0.4 is 11.3 Å². The number of nitrogens with one attached hydrogen (secondary N) is 1. The van der Waals surface area contributed by atoms with Crippen molar-refractivity contribution < 1.29 is 42.5 Å². The van der Waals surface area contributed by atoms with Crippen LogP contribution in [0.25, 0.3) is 11.2 Å². The van der Waals surface area contributed by atoms with E-state index < -0.39 is 46.2 Å². The van der Waals surface area contributed by atoms with Crippen LogP contribution in [0.2, 0.25) is 0 Å². The largest absolute Gasteiger partial charge is 0.481 e. The van der Waals surface area contributed by atoms with Crippen LogP contribution in [0, 0.1) is 0 Å². The van der Waals surface area contributed by atoms with Gasteiger partial charge in [-0.25, -0.2) is 14.1 Å². The number of aromatic nitrogens is 4. The van der Waals surface area contributed by atoms with Gasteiger partial charge in [0.1, 0.15) is 12.3 Å². The number of aromatic amines is 1. The lowest BCUT2D eigenvalue weighted by Gasteiger charge is -2.18. The number of phosphoric acid groups is 2. The van der Waals surface area contributed by atoms with Crippen molar-refractivity contribution in [2.45, 2.75) is 24.9 Å². The predicted octanol–water partition coefficient (Wildman–Crippen LogP) is -1.42. The number of nitrogen functional groups attached to an aromatic ring is 1. The molecule has 7 N–H and O–H groups in total. The molecule has 27 heavy (non-hydrogen) atoms. The highest BCUT2D eigenvalue weighted by molar-refractivity contribution is 7.60. The zero-order valence-corrected chi connectivity index (χ0v) is 15.1. The summed E-state index contributed by atoms with van der Waals surface area (Å²) in [4.78, 5) is 48.3. The second-order valence-corrected chi connectivity index (χ2v) is 8.37. The van der Waals surface area contributed by atoms with E-state index in [-0.39, 0.29) is 23.5 Å². The molecule has 4 atom stereocenters. The summed E-state index contributed by atoms with van der Waals surface area (Å²) in [5.74, 6) is -0.150. The molecule has 0 spiro atoms. The fourth-order valence-electron chi connectivity index (χ4n) is 2.52. The van der Waals surface area contributed by atoms with Gasteiger partial charge in [0.05, 0.1) is 19.0 Å². The van der Waals surface area contributed by atoms with E-state index in [1.54, 1.807) is 0 Å². The molecular formula is C10H15N5O10P2. The van der Waals surface area contributed by atoms with Crippen LogP contribution in [0.3, 0.4) is 0 Å². The summed E-state index contributed by atoms with van der Waals surface area (Å²) >= 11 is 0. The number of anilines is 1. The first-order valence-corrected chi connectivity index (χ1v) is 10.3. The first-order valence-electron chi connectivity index (χ1n) is 7.25. The average molecular weight is 427 g/mol. The minimum atomic E-state index is -5.26. The van der Waals surface area contributed by atoms with E-state index in [0.717, 1.165) is 0 Å². The van der Waals surface area contributed by atoms with Gasteiger partial charge < -0.3 is 30.3 Å². The lowest BCUT2D eigenvalue weighted by molar-refractivity contribution is -0.0423. The maximum atomic E-state index is 11.8. The molecule has 1 saturated heterocycles. The van der Waals surface area contributed by atoms with E-state index >= 15 is 0 Å². The molecule has 0 radical (unpaired) electrons. The molecule has 0 bridgehead atoms. The van der Waals surface area contributed by atoms with Gasteiger partial charge in [-0.1, -0.05) is 0 Å². The van der Waals surface area contributed by atoms with Crippen LogP contribution in [-0.4, -0.2) is 58.1 Å². The van der Waals surface area contributed by atoms with Gasteiger partial charge in [0.25, 0.3) is 5.56 Å². The SMILES string of the molecule is Nc1nc2c(ncn2[C@@H]2C[C@@H](O)[C@H](COP(=O)(O)OP(=O)(O)O)O2)c(=O)[nH]1. The normalized spacial score (nSPS) is 25.7. The molecule has 1 aliphatic heterocycles. The molecule has 17 heteroatoms. The highest BCUT2D eigenvalue weighted by atomic mass is 31.3. The Hall–Kier alpha value is -1.67. The number of aliphatic hydroxyl groups is 1. The second kappa shape index (κ2) is 7.05. The molecule has 1 aliphatic rings. The molecule has 0 saturated carbocycles. The molecular weight excluding hydrogens is 412 g/mol. The van der Waals surface area contributed by atoms with Crippen molar-refractivity contribution in [1.29, 1.82) is 0 Å². The topological polar surface area (TPSA) is 232 Å². The Morgan fingerprint density at radius 2 is 2.11 bits per heavy atom. The van der Waals surface area contributed by atoms with Gasteiger partial charge in [0.2, 0.25) is 5.95 Å². The van der Waals surface area contributed by atoms with Gasteiger partial charge >= 0.3 is 15.6 Å². The van der Waals surface area contributed by atoms with Crippen LogP contribution in [-0.2, 0) is 22.7 Å². The van der Waals surface area contributed by atoms with Crippen LogP contribution in [0.1, 0.15) is 12.6 Å². The van der Waals surface area contributed by atoms with Gasteiger partial charge in [0.15, 0.2) is 11.2 Å². The molecule has 15 nitrogen and oxygen atoms in total. The monoisotopic (exact) mass is 427 g/mol. The maximum absolute atomic E-state index is 11.8. The van der Waals surface area contributed by atoms with Crippen molar-refractivity contribution in [3.8, 4) is 0 Å². The first kappa shape index (κ1) is 20.1. The van der Waals surface area contributed by atoms with Crippen molar-refractivity contribution in [2.24, 2.45) is 0 Å². The standard InChI is InChI=1S/C10H15N5O10P2/c11-10-13-8-7(9(17)14-10)12-3-15(8)6-1-4(16)5(24-6)2-23-27(21,22)25-26(18,19)20/h3-6,16H,1-2H2,(H,21,22)(H2,18,19,20)(H3,11,13,14,17)/t4-,5+,6+/m1/s1. The minimum absolute atomic E-state index is 0.00288. The quantitative estimate of drug-likeness (QED) is 0.291. The number of phosphoric ester groups is 1. The molecule has 1 fully saturated rings. The summed E-state index contributed by atoms with van der Waals surface area (Å²) in [6.07, 6.45) is -1.91. The summed E-state index contributed by atoms with van der Waals surface area (Å²) in [5, 5.41) is 10.1. The fourth-order valence-corrected chi connectivity index (χ4v) is 4.11. The Morgan fingerprint density at radius 3 is 2.78 bits per heavy atom. The summed E-state index contributed by atoms with van der Waals surface area (Å²) in [5.41, 5.74) is 5.03. The third-order valence-corrected chi connectivity index (χ3v) is 5.73. The van der Waals surface area contributed by atoms with E-state index in [9.17, 15) is 23.9 Å². The highest BCUT2D eigenvalue weighted by Crippen LogP contribution is 2.57. The Balaban J connectivity index is 1.73. The number of imidazole rings is 1. The van der Waals surface area contributed by atoms with Crippen LogP contribution in [0.5, 0.6) is 0 Å². The van der Waals surface area contributed by atoms with E-state index in [2.05, 4.69) is 23.8 Å². The maximum Gasteiger partial charge on any atom is 0.481 e. The van der Waals surface area contributed by atoms with Gasteiger partial charge in [0, 0.05) is 6.42 Å². The van der Waals surface area contributed by atoms with Gasteiger partial charge in [-0.15, -0.1) is 0 Å². The molecule has 0 aromatic carbocycles. The zero-order valence-electron chi connectivity index (χ0n) is 13.3. The molecule has 2 aromatic heterocycles. The Bertz CT molecular complexity index is 1000. The molecule has 0 amide bonds. The van der Waals surface area contributed by atoms with E-state index in [1.807, 2.05) is 0 Å². The highest BCUT2D eigenvalue weighted by Gasteiger charge is 2.39. The number of aliphatic hydroxyl groups excluding tert-OH is 1. The lowest BCUT2D eigenvalue weighted by Crippen LogP contribution is -2.26. The number of nitrogens with two attached hydrogens (primary N) is 1. The number of nitrogens with zero attached hydrogens (tertiary/aromatic N) is 3. The zero-order chi connectivity index (χ0) is 20.0. The van der Waals surface area contributed by atoms with Crippen LogP contribution >= 0.6 is 15.6 Å². The summed E-state index contributed by atoms with van der Waals surface area (Å²) in [7, 11) is -10.3. The lowest BCUT2D eigenvalue weighted by atomic mass is 10.2. The number of hydrogen-bond acceptors (Lipinski definition) is 10. The summed E-state index contributed by atoms with van der Waals surface area (Å²) in [6, 6.07) is 0. The first-order chi connectivity index (χ1) is 12.5. The van der Waals surface area contributed by atoms with Crippen molar-refractivity contribution in [3.63, 3.8) is 0 Å². The molecule has 3 heterocycles. The van der Waals surface area contributed by atoms with Crippen molar-refractivity contribution in [3.05, 3.63) is 16.7 Å². The Kier molecular flexibility index (Phi) is 5.24. The molecule has 150 valence electrons. The number of hydrogen-bond donors (Lipinski definition) is 6. The van der Waals surface area contributed by atoms with E-state index in [4.69, 9.17) is 20.3 Å². The van der Waals surface area contributed by atoms with Crippen molar-refractivity contribution in [2.75, 3.05) is 12.3 Å². The number of rotatable bonds is 6. The van der Waals surface area contributed by atoms with Crippen LogP contribution in [0.15, 0.2) is 11.1 Å². The fraction of sp³-hybridized carbons (Fsp3) is 0.500. The van der Waals surface area contributed by atoms with Gasteiger partial charge in [-0.3, -0.25) is 18.9 Å². The summed E-state index contributed by atoms with van der Waals surface area (Å²) in [6.45, 7) is -0.700. The predicted molar refractivity (Wildman–Crippen MR) is 86.0 cm³/mol. The second-order valence-electron chi connectivity index (χ2n) is 5.54.